The zero-order valence-electron chi connectivity index (χ0n) is 8.18. The van der Waals surface area contributed by atoms with Crippen molar-refractivity contribution in [2.24, 2.45) is 11.3 Å². The van der Waals surface area contributed by atoms with Crippen LogP contribution >= 0.6 is 0 Å². The van der Waals surface area contributed by atoms with Crippen LogP contribution in [0.5, 0.6) is 0 Å². The summed E-state index contributed by atoms with van der Waals surface area (Å²) in [5, 5.41) is 0. The van der Waals surface area contributed by atoms with E-state index in [1.54, 1.807) is 0 Å². The topological polar surface area (TPSA) is 26.3 Å². The summed E-state index contributed by atoms with van der Waals surface area (Å²) >= 11 is 0. The Morgan fingerprint density at radius 1 is 1.58 bits per heavy atom. The van der Waals surface area contributed by atoms with Gasteiger partial charge in [0.1, 0.15) is 6.61 Å². The van der Waals surface area contributed by atoms with E-state index in [-0.39, 0.29) is 11.4 Å². The first-order valence-corrected chi connectivity index (χ1v) is 4.27. The van der Waals surface area contributed by atoms with Gasteiger partial charge in [-0.3, -0.25) is 4.79 Å². The van der Waals surface area contributed by atoms with Crippen molar-refractivity contribution >= 4 is 5.97 Å². The van der Waals surface area contributed by atoms with Gasteiger partial charge in [0, 0.05) is 5.92 Å². The molecule has 0 amide bonds. The van der Waals surface area contributed by atoms with Gasteiger partial charge in [-0.15, -0.1) is 0 Å². The second-order valence-electron chi connectivity index (χ2n) is 4.37. The minimum absolute atomic E-state index is 0.115. The lowest BCUT2D eigenvalue weighted by Crippen LogP contribution is -2.23. The standard InChI is InChI=1S/C10H16O2/c1-7-5-8(7)6-12-9(11)10(2,3)4/h5,8H,6H2,1-4H3. The highest BCUT2D eigenvalue weighted by Gasteiger charge is 2.26. The Morgan fingerprint density at radius 2 is 2.08 bits per heavy atom. The van der Waals surface area contributed by atoms with Crippen molar-refractivity contribution < 1.29 is 9.53 Å². The molecule has 0 bridgehead atoms. The van der Waals surface area contributed by atoms with Crippen LogP contribution in [0.15, 0.2) is 11.6 Å². The van der Waals surface area contributed by atoms with E-state index in [0.717, 1.165) is 0 Å². The summed E-state index contributed by atoms with van der Waals surface area (Å²) in [5.41, 5.74) is 0.958. The normalized spacial score (nSPS) is 21.7. The fourth-order valence-corrected chi connectivity index (χ4v) is 0.831. The van der Waals surface area contributed by atoms with Gasteiger partial charge in [-0.2, -0.15) is 0 Å². The minimum atomic E-state index is -0.372. The fourth-order valence-electron chi connectivity index (χ4n) is 0.831. The quantitative estimate of drug-likeness (QED) is 0.466. The first-order chi connectivity index (χ1) is 5.41. The maximum absolute atomic E-state index is 11.3. The predicted octanol–water partition coefficient (Wildman–Crippen LogP) is 2.15. The Labute approximate surface area is 73.6 Å². The van der Waals surface area contributed by atoms with Crippen LogP contribution in [0.25, 0.3) is 0 Å². The maximum atomic E-state index is 11.3. The van der Waals surface area contributed by atoms with Crippen molar-refractivity contribution in [3.63, 3.8) is 0 Å². The minimum Gasteiger partial charge on any atom is -0.464 e. The molecule has 1 atom stereocenters. The summed E-state index contributed by atoms with van der Waals surface area (Å²) in [6, 6.07) is 0. The van der Waals surface area contributed by atoms with Crippen LogP contribution in [-0.4, -0.2) is 12.6 Å². The molecule has 0 fully saturated rings. The lowest BCUT2D eigenvalue weighted by molar-refractivity contribution is -0.153. The number of ether oxygens (including phenoxy) is 1. The molecule has 1 unspecified atom stereocenters. The Bertz CT molecular complexity index is 220. The largest absolute Gasteiger partial charge is 0.464 e. The van der Waals surface area contributed by atoms with Gasteiger partial charge in [0.15, 0.2) is 0 Å². The molecule has 0 radical (unpaired) electrons. The zero-order chi connectivity index (χ0) is 9.35. The van der Waals surface area contributed by atoms with Gasteiger partial charge in [0.25, 0.3) is 0 Å². The molecule has 0 aliphatic heterocycles. The van der Waals surface area contributed by atoms with Crippen molar-refractivity contribution in [3.05, 3.63) is 11.6 Å². The molecule has 0 aromatic heterocycles. The van der Waals surface area contributed by atoms with Gasteiger partial charge in [-0.25, -0.2) is 0 Å². The predicted molar refractivity (Wildman–Crippen MR) is 47.7 cm³/mol. The van der Waals surface area contributed by atoms with Crippen LogP contribution in [0.2, 0.25) is 0 Å². The van der Waals surface area contributed by atoms with E-state index < -0.39 is 0 Å². The molecule has 2 heteroatoms. The van der Waals surface area contributed by atoms with Crippen molar-refractivity contribution in [2.45, 2.75) is 27.7 Å². The number of hydrogen-bond donors (Lipinski definition) is 0. The average Bonchev–Trinajstić information content (AvgIpc) is 2.59. The van der Waals surface area contributed by atoms with Gasteiger partial charge in [-0.1, -0.05) is 11.6 Å². The van der Waals surface area contributed by atoms with Crippen LogP contribution < -0.4 is 0 Å². The van der Waals surface area contributed by atoms with Crippen LogP contribution in [-0.2, 0) is 9.53 Å². The highest BCUT2D eigenvalue weighted by molar-refractivity contribution is 5.75. The van der Waals surface area contributed by atoms with Gasteiger partial charge in [0.05, 0.1) is 5.41 Å². The highest BCUT2D eigenvalue weighted by Crippen LogP contribution is 2.28. The van der Waals surface area contributed by atoms with E-state index >= 15 is 0 Å². The number of carbonyl (C=O) groups is 1. The Morgan fingerprint density at radius 3 is 2.42 bits per heavy atom. The molecule has 0 spiro atoms. The first kappa shape index (κ1) is 9.30. The van der Waals surface area contributed by atoms with E-state index in [9.17, 15) is 4.79 Å². The van der Waals surface area contributed by atoms with Crippen molar-refractivity contribution in [3.8, 4) is 0 Å². The molecule has 0 aromatic rings. The molecular formula is C10H16O2. The second kappa shape index (κ2) is 2.92. The van der Waals surface area contributed by atoms with E-state index in [2.05, 4.69) is 13.0 Å². The monoisotopic (exact) mass is 168 g/mol. The SMILES string of the molecule is CC1=CC1COC(=O)C(C)(C)C. The summed E-state index contributed by atoms with van der Waals surface area (Å²) in [7, 11) is 0. The van der Waals surface area contributed by atoms with Gasteiger partial charge < -0.3 is 4.74 Å². The molecule has 0 saturated heterocycles. The Kier molecular flexibility index (Phi) is 2.27. The molecule has 12 heavy (non-hydrogen) atoms. The third kappa shape index (κ3) is 2.36. The maximum Gasteiger partial charge on any atom is 0.311 e. The molecule has 0 aromatic carbocycles. The van der Waals surface area contributed by atoms with Crippen LogP contribution in [0, 0.1) is 11.3 Å². The highest BCUT2D eigenvalue weighted by atomic mass is 16.5. The number of esters is 1. The first-order valence-electron chi connectivity index (χ1n) is 4.27. The summed E-state index contributed by atoms with van der Waals surface area (Å²) in [6.07, 6.45) is 2.11. The summed E-state index contributed by atoms with van der Waals surface area (Å²) in [5.74, 6) is 0.312. The fraction of sp³-hybridized carbons (Fsp3) is 0.700. The molecule has 0 saturated carbocycles. The van der Waals surface area contributed by atoms with E-state index in [0.29, 0.717) is 12.5 Å². The number of carbonyl (C=O) groups excluding carboxylic acids is 1. The number of hydrogen-bond acceptors (Lipinski definition) is 2. The molecule has 0 heterocycles. The lowest BCUT2D eigenvalue weighted by Gasteiger charge is -2.16. The Hall–Kier alpha value is -0.790. The third-order valence-corrected chi connectivity index (χ3v) is 1.95. The smallest absolute Gasteiger partial charge is 0.311 e. The van der Waals surface area contributed by atoms with E-state index in [1.807, 2.05) is 20.8 Å². The summed E-state index contributed by atoms with van der Waals surface area (Å²) in [6.45, 7) is 8.17. The van der Waals surface area contributed by atoms with Gasteiger partial charge >= 0.3 is 5.97 Å². The Balaban J connectivity index is 2.20. The summed E-state index contributed by atoms with van der Waals surface area (Å²) < 4.78 is 5.11. The molecule has 2 nitrogen and oxygen atoms in total. The molecule has 68 valence electrons. The van der Waals surface area contributed by atoms with E-state index in [4.69, 9.17) is 4.74 Å². The summed E-state index contributed by atoms with van der Waals surface area (Å²) in [4.78, 5) is 11.3. The van der Waals surface area contributed by atoms with Crippen molar-refractivity contribution in [1.29, 1.82) is 0 Å². The van der Waals surface area contributed by atoms with Crippen LogP contribution in [0.1, 0.15) is 27.7 Å². The average molecular weight is 168 g/mol. The van der Waals surface area contributed by atoms with Gasteiger partial charge in [0.2, 0.25) is 0 Å². The second-order valence-corrected chi connectivity index (χ2v) is 4.37. The molecular weight excluding hydrogens is 152 g/mol. The molecule has 0 N–H and O–H groups in total. The number of rotatable bonds is 2. The van der Waals surface area contributed by atoms with E-state index in [1.165, 1.54) is 5.57 Å². The molecule has 1 rings (SSSR count). The van der Waals surface area contributed by atoms with Crippen molar-refractivity contribution in [1.82, 2.24) is 0 Å². The van der Waals surface area contributed by atoms with Crippen LogP contribution in [0.3, 0.4) is 0 Å². The molecule has 1 aliphatic carbocycles. The lowest BCUT2D eigenvalue weighted by atomic mass is 9.97. The van der Waals surface area contributed by atoms with Crippen molar-refractivity contribution in [2.75, 3.05) is 6.61 Å². The van der Waals surface area contributed by atoms with Gasteiger partial charge in [-0.05, 0) is 27.7 Å². The third-order valence-electron chi connectivity index (χ3n) is 1.95. The zero-order valence-corrected chi connectivity index (χ0v) is 8.18. The van der Waals surface area contributed by atoms with Crippen LogP contribution in [0.4, 0.5) is 0 Å². The molecule has 1 aliphatic rings.